The first kappa shape index (κ1) is 23.1. The molecule has 0 radical (unpaired) electrons. The molecule has 10 heteroatoms. The number of para-hydroxylation sites is 1. The largest absolute Gasteiger partial charge is 0.497 e. The first-order valence-electron chi connectivity index (χ1n) is 9.84. The van der Waals surface area contributed by atoms with Crippen molar-refractivity contribution in [1.82, 2.24) is 14.8 Å². The first-order valence-corrected chi connectivity index (χ1v) is 10.8. The lowest BCUT2D eigenvalue weighted by Gasteiger charge is -2.10. The fraction of sp³-hybridized carbons (Fsp3) is 0.273. The van der Waals surface area contributed by atoms with Crippen molar-refractivity contribution in [2.24, 2.45) is 0 Å². The van der Waals surface area contributed by atoms with E-state index in [0.29, 0.717) is 34.5 Å². The molecule has 2 aromatic carbocycles. The van der Waals surface area contributed by atoms with Crippen LogP contribution in [0.25, 0.3) is 0 Å². The Balaban J connectivity index is 1.59. The summed E-state index contributed by atoms with van der Waals surface area (Å²) in [5.74, 6) is 1.41. The van der Waals surface area contributed by atoms with Gasteiger partial charge in [-0.25, -0.2) is 4.79 Å². The number of ether oxygens (including phenoxy) is 3. The van der Waals surface area contributed by atoms with Gasteiger partial charge < -0.3 is 24.1 Å². The minimum absolute atomic E-state index is 0.104. The van der Waals surface area contributed by atoms with Crippen LogP contribution in [0.3, 0.4) is 0 Å². The quantitative estimate of drug-likeness (QED) is 0.366. The van der Waals surface area contributed by atoms with Gasteiger partial charge >= 0.3 is 5.97 Å². The molecular weight excluding hydrogens is 432 g/mol. The molecule has 0 aliphatic heterocycles. The lowest BCUT2D eigenvalue weighted by molar-refractivity contribution is -0.113. The predicted molar refractivity (Wildman–Crippen MR) is 120 cm³/mol. The van der Waals surface area contributed by atoms with Gasteiger partial charge in [-0.1, -0.05) is 23.9 Å². The van der Waals surface area contributed by atoms with E-state index in [4.69, 9.17) is 14.2 Å². The van der Waals surface area contributed by atoms with Crippen LogP contribution in [0.5, 0.6) is 11.5 Å². The molecule has 1 aromatic heterocycles. The molecule has 1 amide bonds. The lowest BCUT2D eigenvalue weighted by Crippen LogP contribution is -2.17. The van der Waals surface area contributed by atoms with Gasteiger partial charge in [0, 0.05) is 6.54 Å². The fourth-order valence-electron chi connectivity index (χ4n) is 2.87. The number of methoxy groups -OCH3 is 2. The standard InChI is InChI=1S/C22H24N4O5S/c1-4-26-19(13-31-16-11-9-15(29-2)10-12-16)24-25-22(26)32-14-20(27)23-18-8-6-5-7-17(18)21(28)30-3/h5-12H,4,13-14H2,1-3H3,(H,23,27). The normalized spacial score (nSPS) is 10.5. The Labute approximate surface area is 190 Å². The zero-order valence-corrected chi connectivity index (χ0v) is 18.8. The van der Waals surface area contributed by atoms with Gasteiger partial charge in [-0.05, 0) is 43.3 Å². The highest BCUT2D eigenvalue weighted by Gasteiger charge is 2.16. The second-order valence-corrected chi connectivity index (χ2v) is 7.42. The van der Waals surface area contributed by atoms with Crippen LogP contribution in [0, 0.1) is 0 Å². The summed E-state index contributed by atoms with van der Waals surface area (Å²) in [6.45, 7) is 2.84. The number of carbonyl (C=O) groups is 2. The summed E-state index contributed by atoms with van der Waals surface area (Å²) in [5, 5.41) is 11.7. The highest BCUT2D eigenvalue weighted by molar-refractivity contribution is 7.99. The van der Waals surface area contributed by atoms with E-state index >= 15 is 0 Å². The van der Waals surface area contributed by atoms with Gasteiger partial charge in [0.05, 0.1) is 31.2 Å². The van der Waals surface area contributed by atoms with Gasteiger partial charge in [-0.2, -0.15) is 0 Å². The molecule has 0 atom stereocenters. The van der Waals surface area contributed by atoms with E-state index < -0.39 is 5.97 Å². The van der Waals surface area contributed by atoms with Crippen molar-refractivity contribution < 1.29 is 23.8 Å². The Bertz CT molecular complexity index is 1070. The molecule has 168 valence electrons. The molecule has 32 heavy (non-hydrogen) atoms. The summed E-state index contributed by atoms with van der Waals surface area (Å²) in [6, 6.07) is 14.0. The summed E-state index contributed by atoms with van der Waals surface area (Å²) < 4.78 is 17.6. The van der Waals surface area contributed by atoms with Crippen LogP contribution < -0.4 is 14.8 Å². The van der Waals surface area contributed by atoms with Crippen LogP contribution in [0.15, 0.2) is 53.7 Å². The number of nitrogens with zero attached hydrogens (tertiary/aromatic N) is 3. The number of carbonyl (C=O) groups excluding carboxylic acids is 2. The zero-order chi connectivity index (χ0) is 22.9. The third-order valence-corrected chi connectivity index (χ3v) is 5.44. The van der Waals surface area contributed by atoms with E-state index in [1.54, 1.807) is 31.4 Å². The maximum absolute atomic E-state index is 12.4. The highest BCUT2D eigenvalue weighted by atomic mass is 32.2. The average Bonchev–Trinajstić information content (AvgIpc) is 3.23. The predicted octanol–water partition coefficient (Wildman–Crippen LogP) is 3.40. The number of esters is 1. The lowest BCUT2D eigenvalue weighted by atomic mass is 10.2. The van der Waals surface area contributed by atoms with Crippen LogP contribution in [0.4, 0.5) is 5.69 Å². The van der Waals surface area contributed by atoms with Crippen molar-refractivity contribution in [1.29, 1.82) is 0 Å². The van der Waals surface area contributed by atoms with Crippen molar-refractivity contribution in [3.05, 3.63) is 59.9 Å². The van der Waals surface area contributed by atoms with Crippen molar-refractivity contribution >= 4 is 29.3 Å². The number of hydrogen-bond acceptors (Lipinski definition) is 8. The maximum Gasteiger partial charge on any atom is 0.339 e. The van der Waals surface area contributed by atoms with Gasteiger partial charge in [-0.15, -0.1) is 10.2 Å². The summed E-state index contributed by atoms with van der Waals surface area (Å²) >= 11 is 1.26. The number of amides is 1. The van der Waals surface area contributed by atoms with Crippen LogP contribution in [0.1, 0.15) is 23.1 Å². The summed E-state index contributed by atoms with van der Waals surface area (Å²) in [6.07, 6.45) is 0. The molecule has 0 bridgehead atoms. The van der Waals surface area contributed by atoms with Crippen molar-refractivity contribution in [2.75, 3.05) is 25.3 Å². The van der Waals surface area contributed by atoms with Crippen LogP contribution in [-0.4, -0.2) is 46.6 Å². The van der Waals surface area contributed by atoms with Crippen molar-refractivity contribution in [3.8, 4) is 11.5 Å². The molecule has 0 spiro atoms. The number of hydrogen-bond donors (Lipinski definition) is 1. The third kappa shape index (κ3) is 5.79. The molecule has 0 saturated heterocycles. The fourth-order valence-corrected chi connectivity index (χ4v) is 3.69. The van der Waals surface area contributed by atoms with Crippen molar-refractivity contribution in [2.45, 2.75) is 25.2 Å². The number of rotatable bonds is 10. The van der Waals surface area contributed by atoms with Gasteiger partial charge in [0.1, 0.15) is 18.1 Å². The minimum Gasteiger partial charge on any atom is -0.497 e. The number of anilines is 1. The van der Waals surface area contributed by atoms with E-state index in [1.807, 2.05) is 35.8 Å². The smallest absolute Gasteiger partial charge is 0.339 e. The third-order valence-electron chi connectivity index (χ3n) is 4.48. The van der Waals surface area contributed by atoms with Crippen LogP contribution in [-0.2, 0) is 22.7 Å². The molecular formula is C22H24N4O5S. The van der Waals surface area contributed by atoms with E-state index in [9.17, 15) is 9.59 Å². The number of benzene rings is 2. The Morgan fingerprint density at radius 1 is 1.03 bits per heavy atom. The van der Waals surface area contributed by atoms with Gasteiger partial charge in [0.15, 0.2) is 11.0 Å². The zero-order valence-electron chi connectivity index (χ0n) is 18.0. The summed E-state index contributed by atoms with van der Waals surface area (Å²) in [4.78, 5) is 24.3. The number of thioether (sulfide) groups is 1. The van der Waals surface area contributed by atoms with E-state index in [2.05, 4.69) is 15.5 Å². The second-order valence-electron chi connectivity index (χ2n) is 6.48. The van der Waals surface area contributed by atoms with E-state index in [-0.39, 0.29) is 18.3 Å². The molecule has 1 N–H and O–H groups in total. The van der Waals surface area contributed by atoms with Crippen molar-refractivity contribution in [3.63, 3.8) is 0 Å². The molecule has 0 aliphatic carbocycles. The molecule has 3 rings (SSSR count). The van der Waals surface area contributed by atoms with Gasteiger partial charge in [0.25, 0.3) is 0 Å². The maximum atomic E-state index is 12.4. The topological polar surface area (TPSA) is 105 Å². The van der Waals surface area contributed by atoms with E-state index in [1.165, 1.54) is 18.9 Å². The monoisotopic (exact) mass is 456 g/mol. The molecule has 3 aromatic rings. The Hall–Kier alpha value is -3.53. The average molecular weight is 457 g/mol. The summed E-state index contributed by atoms with van der Waals surface area (Å²) in [7, 11) is 2.90. The first-order chi connectivity index (χ1) is 15.5. The molecule has 9 nitrogen and oxygen atoms in total. The highest BCUT2D eigenvalue weighted by Crippen LogP contribution is 2.21. The van der Waals surface area contributed by atoms with E-state index in [0.717, 1.165) is 5.75 Å². The van der Waals surface area contributed by atoms with Crippen LogP contribution in [0.2, 0.25) is 0 Å². The summed E-state index contributed by atoms with van der Waals surface area (Å²) in [5.41, 5.74) is 0.693. The molecule has 0 fully saturated rings. The van der Waals surface area contributed by atoms with Gasteiger partial charge in [0.2, 0.25) is 5.91 Å². The molecule has 1 heterocycles. The van der Waals surface area contributed by atoms with Crippen LogP contribution >= 0.6 is 11.8 Å². The Morgan fingerprint density at radius 3 is 2.44 bits per heavy atom. The number of nitrogens with one attached hydrogen (secondary N) is 1. The molecule has 0 unspecified atom stereocenters. The second kappa shape index (κ2) is 11.2. The Morgan fingerprint density at radius 2 is 1.75 bits per heavy atom. The SMILES string of the molecule is CCn1c(COc2ccc(OC)cc2)nnc1SCC(=O)Nc1ccccc1C(=O)OC. The molecule has 0 saturated carbocycles. The Kier molecular flexibility index (Phi) is 8.09. The number of aromatic nitrogens is 3. The minimum atomic E-state index is -0.513. The van der Waals surface area contributed by atoms with Gasteiger partial charge in [-0.3, -0.25) is 4.79 Å². The molecule has 0 aliphatic rings.